The average Bonchev–Trinajstić information content (AvgIpc) is 2.25. The molecule has 2 heteroatoms. The van der Waals surface area contributed by atoms with Crippen molar-refractivity contribution in [3.05, 3.63) is 0 Å². The van der Waals surface area contributed by atoms with Gasteiger partial charge in [0, 0.05) is 25.7 Å². The lowest BCUT2D eigenvalue weighted by atomic mass is 10.1. The van der Waals surface area contributed by atoms with Crippen LogP contribution in [0.3, 0.4) is 0 Å². The summed E-state index contributed by atoms with van der Waals surface area (Å²) in [5, 5.41) is 0. The third-order valence-electron chi connectivity index (χ3n) is 1.80. The van der Waals surface area contributed by atoms with Crippen LogP contribution in [-0.2, 0) is 4.79 Å². The van der Waals surface area contributed by atoms with Gasteiger partial charge in [-0.1, -0.05) is 18.8 Å². The third kappa shape index (κ3) is 10.7. The van der Waals surface area contributed by atoms with Gasteiger partial charge in [-0.05, 0) is 31.2 Å². The molecule has 0 aliphatic carbocycles. The summed E-state index contributed by atoms with van der Waals surface area (Å²) in [6.07, 6.45) is 4.46. The van der Waals surface area contributed by atoms with E-state index in [0.717, 1.165) is 19.3 Å². The van der Waals surface area contributed by atoms with E-state index in [9.17, 15) is 4.79 Å². The van der Waals surface area contributed by atoms with Crippen LogP contribution < -0.4 is 5.73 Å². The zero-order valence-electron chi connectivity index (χ0n) is 9.44. The van der Waals surface area contributed by atoms with Gasteiger partial charge in [-0.25, -0.2) is 0 Å². The molecule has 0 aromatic rings. The fourth-order valence-electron chi connectivity index (χ4n) is 0.965. The molecule has 0 aromatic heterocycles. The minimum absolute atomic E-state index is 0.247. The maximum absolute atomic E-state index is 11.2. The standard InChI is InChI=1S/C13H19NO/c1-2-3-4-5-6-7-8-10-13(15)11-9-12-14/h2-3,8-12,14H2,1H3. The van der Waals surface area contributed by atoms with Gasteiger partial charge in [0.2, 0.25) is 0 Å². The number of carbonyl (C=O) groups is 1. The lowest BCUT2D eigenvalue weighted by Crippen LogP contribution is -2.03. The summed E-state index contributed by atoms with van der Waals surface area (Å²) in [4.78, 5) is 11.2. The fraction of sp³-hybridized carbons (Fsp3) is 0.615. The van der Waals surface area contributed by atoms with Crippen LogP contribution in [-0.4, -0.2) is 12.3 Å². The number of ketones is 1. The summed E-state index contributed by atoms with van der Waals surface area (Å²) in [7, 11) is 0. The molecular weight excluding hydrogens is 186 g/mol. The van der Waals surface area contributed by atoms with E-state index in [0.29, 0.717) is 25.8 Å². The number of nitrogens with two attached hydrogens (primary N) is 1. The summed E-state index contributed by atoms with van der Waals surface area (Å²) in [6, 6.07) is 0. The highest BCUT2D eigenvalue weighted by molar-refractivity contribution is 5.78. The van der Waals surface area contributed by atoms with Gasteiger partial charge in [-0.15, -0.1) is 0 Å². The summed E-state index contributed by atoms with van der Waals surface area (Å²) in [5.41, 5.74) is 5.30. The van der Waals surface area contributed by atoms with Crippen molar-refractivity contribution < 1.29 is 4.79 Å². The quantitative estimate of drug-likeness (QED) is 0.673. The smallest absolute Gasteiger partial charge is 0.133 e. The number of rotatable bonds is 6. The lowest BCUT2D eigenvalue weighted by Gasteiger charge is -1.94. The van der Waals surface area contributed by atoms with Gasteiger partial charge in [-0.2, -0.15) is 0 Å². The van der Waals surface area contributed by atoms with E-state index in [2.05, 4.69) is 30.6 Å². The predicted octanol–water partition coefficient (Wildman–Crippen LogP) is 1.88. The zero-order chi connectivity index (χ0) is 11.4. The molecule has 15 heavy (non-hydrogen) atoms. The Morgan fingerprint density at radius 3 is 2.40 bits per heavy atom. The van der Waals surface area contributed by atoms with Crippen molar-refractivity contribution in [3.8, 4) is 23.7 Å². The number of carbonyl (C=O) groups excluding carboxylic acids is 1. The van der Waals surface area contributed by atoms with E-state index in [1.54, 1.807) is 0 Å². The van der Waals surface area contributed by atoms with Crippen molar-refractivity contribution in [2.75, 3.05) is 6.54 Å². The molecule has 0 bridgehead atoms. The van der Waals surface area contributed by atoms with E-state index in [1.165, 1.54) is 0 Å². The number of Topliss-reactive ketones (excluding diaryl/α,β-unsaturated/α-hetero) is 1. The van der Waals surface area contributed by atoms with Crippen LogP contribution in [0.4, 0.5) is 0 Å². The summed E-state index contributed by atoms with van der Waals surface area (Å²) in [6.45, 7) is 2.66. The molecule has 0 heterocycles. The number of hydrogen-bond acceptors (Lipinski definition) is 2. The Balaban J connectivity index is 3.52. The van der Waals surface area contributed by atoms with Crippen LogP contribution in [0.5, 0.6) is 0 Å². The Hall–Kier alpha value is -1.25. The first-order chi connectivity index (χ1) is 7.31. The van der Waals surface area contributed by atoms with Crippen molar-refractivity contribution >= 4 is 5.78 Å². The van der Waals surface area contributed by atoms with E-state index in [-0.39, 0.29) is 5.78 Å². The molecule has 0 unspecified atom stereocenters. The van der Waals surface area contributed by atoms with Crippen LogP contribution in [0.1, 0.15) is 45.4 Å². The molecule has 0 aliphatic heterocycles. The van der Waals surface area contributed by atoms with Crippen LogP contribution in [0.15, 0.2) is 0 Å². The normalized spacial score (nSPS) is 8.40. The maximum atomic E-state index is 11.2. The van der Waals surface area contributed by atoms with Gasteiger partial charge < -0.3 is 5.73 Å². The van der Waals surface area contributed by atoms with Gasteiger partial charge in [0.15, 0.2) is 0 Å². The van der Waals surface area contributed by atoms with Crippen molar-refractivity contribution in [1.82, 2.24) is 0 Å². The van der Waals surface area contributed by atoms with Crippen molar-refractivity contribution in [2.24, 2.45) is 5.73 Å². The molecule has 0 rings (SSSR count). The highest BCUT2D eigenvalue weighted by atomic mass is 16.1. The van der Waals surface area contributed by atoms with Gasteiger partial charge in [-0.3, -0.25) is 4.79 Å². The molecule has 0 saturated carbocycles. The monoisotopic (exact) mass is 205 g/mol. The molecule has 0 radical (unpaired) electrons. The molecular formula is C13H19NO. The Morgan fingerprint density at radius 2 is 1.80 bits per heavy atom. The Labute approximate surface area is 92.6 Å². The second kappa shape index (κ2) is 10.8. The highest BCUT2D eigenvalue weighted by Gasteiger charge is 1.98. The Bertz CT molecular complexity index is 285. The van der Waals surface area contributed by atoms with Crippen LogP contribution in [0.2, 0.25) is 0 Å². The first-order valence-corrected chi connectivity index (χ1v) is 5.48. The van der Waals surface area contributed by atoms with Gasteiger partial charge in [0.05, 0.1) is 0 Å². The van der Waals surface area contributed by atoms with Crippen LogP contribution in [0, 0.1) is 23.7 Å². The van der Waals surface area contributed by atoms with Gasteiger partial charge in [0.1, 0.15) is 5.78 Å². The molecule has 0 saturated heterocycles. The van der Waals surface area contributed by atoms with Gasteiger partial charge in [0.25, 0.3) is 0 Å². The third-order valence-corrected chi connectivity index (χ3v) is 1.80. The second-order valence-corrected chi connectivity index (χ2v) is 3.28. The van der Waals surface area contributed by atoms with Crippen LogP contribution in [0.25, 0.3) is 0 Å². The van der Waals surface area contributed by atoms with E-state index < -0.39 is 0 Å². The van der Waals surface area contributed by atoms with E-state index >= 15 is 0 Å². The summed E-state index contributed by atoms with van der Waals surface area (Å²) >= 11 is 0. The van der Waals surface area contributed by atoms with Crippen LogP contribution >= 0.6 is 0 Å². The summed E-state index contributed by atoms with van der Waals surface area (Å²) < 4.78 is 0. The number of hydrogen-bond donors (Lipinski definition) is 1. The molecule has 0 amide bonds. The Morgan fingerprint density at radius 1 is 1.13 bits per heavy atom. The molecule has 0 atom stereocenters. The van der Waals surface area contributed by atoms with E-state index in [4.69, 9.17) is 5.73 Å². The molecule has 2 N–H and O–H groups in total. The molecule has 2 nitrogen and oxygen atoms in total. The summed E-state index contributed by atoms with van der Waals surface area (Å²) in [5.74, 6) is 11.6. The average molecular weight is 205 g/mol. The zero-order valence-corrected chi connectivity index (χ0v) is 9.44. The fourth-order valence-corrected chi connectivity index (χ4v) is 0.965. The molecule has 0 spiro atoms. The molecule has 0 aromatic carbocycles. The maximum Gasteiger partial charge on any atom is 0.133 e. The molecule has 82 valence electrons. The van der Waals surface area contributed by atoms with Crippen molar-refractivity contribution in [3.63, 3.8) is 0 Å². The van der Waals surface area contributed by atoms with E-state index in [1.807, 2.05) is 0 Å². The number of unbranched alkanes of at least 4 members (excludes halogenated alkanes) is 1. The molecule has 0 fully saturated rings. The van der Waals surface area contributed by atoms with Gasteiger partial charge >= 0.3 is 0 Å². The first kappa shape index (κ1) is 13.8. The second-order valence-electron chi connectivity index (χ2n) is 3.28. The molecule has 0 aliphatic rings. The largest absolute Gasteiger partial charge is 0.330 e. The predicted molar refractivity (Wildman–Crippen MR) is 63.0 cm³/mol. The van der Waals surface area contributed by atoms with Crippen molar-refractivity contribution in [1.29, 1.82) is 0 Å². The Kier molecular flexibility index (Phi) is 9.93. The van der Waals surface area contributed by atoms with Crippen molar-refractivity contribution in [2.45, 2.75) is 45.4 Å². The SMILES string of the molecule is CCCC#CC#CCCC(=O)CCCN. The topological polar surface area (TPSA) is 43.1 Å². The minimum atomic E-state index is 0.247. The first-order valence-electron chi connectivity index (χ1n) is 5.48. The minimum Gasteiger partial charge on any atom is -0.330 e. The lowest BCUT2D eigenvalue weighted by molar-refractivity contribution is -0.119. The highest BCUT2D eigenvalue weighted by Crippen LogP contribution is 1.96.